The molecule has 2 nitrogen and oxygen atoms in total. The highest BCUT2D eigenvalue weighted by molar-refractivity contribution is 7.88. The molecule has 1 aromatic carbocycles. The van der Waals surface area contributed by atoms with Gasteiger partial charge in [-0.3, -0.25) is 4.21 Å². The van der Waals surface area contributed by atoms with Crippen LogP contribution in [0.5, 0.6) is 0 Å². The van der Waals surface area contributed by atoms with Crippen LogP contribution in [0.3, 0.4) is 0 Å². The van der Waals surface area contributed by atoms with Crippen molar-refractivity contribution in [3.05, 3.63) is 29.8 Å². The lowest BCUT2D eigenvalue weighted by atomic mass is 10.2. The summed E-state index contributed by atoms with van der Waals surface area (Å²) in [5.74, 6) is 0.422. The van der Waals surface area contributed by atoms with Gasteiger partial charge in [-0.15, -0.1) is 0 Å². The number of hydrogen-bond donors (Lipinski definition) is 0. The van der Waals surface area contributed by atoms with Crippen LogP contribution in [0.25, 0.3) is 0 Å². The van der Waals surface area contributed by atoms with Crippen LogP contribution in [0.2, 0.25) is 0 Å². The summed E-state index contributed by atoms with van der Waals surface area (Å²) in [5, 5.41) is 0. The van der Waals surface area contributed by atoms with E-state index in [2.05, 4.69) is 0 Å². The van der Waals surface area contributed by atoms with Gasteiger partial charge in [0.25, 0.3) is 0 Å². The van der Waals surface area contributed by atoms with E-state index in [4.69, 9.17) is 12.2 Å². The summed E-state index contributed by atoms with van der Waals surface area (Å²) in [6.07, 6.45) is 0. The molecule has 1 atom stereocenters. The first-order valence-electron chi connectivity index (χ1n) is 4.66. The topological polar surface area (TPSA) is 20.3 Å². The monoisotopic (exact) mass is 241 g/mol. The average Bonchev–Trinajstić information content (AvgIpc) is 2.18. The first kappa shape index (κ1) is 12.3. The number of nitrogens with zero attached hydrogens (tertiary/aromatic N) is 1. The van der Waals surface area contributed by atoms with Gasteiger partial charge in [0.1, 0.15) is 0 Å². The van der Waals surface area contributed by atoms with Gasteiger partial charge < -0.3 is 4.90 Å². The highest BCUT2D eigenvalue weighted by atomic mass is 32.2. The van der Waals surface area contributed by atoms with E-state index in [9.17, 15) is 4.21 Å². The van der Waals surface area contributed by atoms with E-state index in [1.165, 1.54) is 5.56 Å². The second kappa shape index (κ2) is 5.37. The molecule has 0 aliphatic heterocycles. The van der Waals surface area contributed by atoms with Gasteiger partial charge in [0.05, 0.1) is 21.5 Å². The van der Waals surface area contributed by atoms with Gasteiger partial charge in [0.2, 0.25) is 0 Å². The minimum Gasteiger partial charge on any atom is -0.372 e. The Hall–Kier alpha value is -0.740. The molecule has 0 radical (unpaired) electrons. The molecule has 0 aliphatic rings. The molecule has 0 amide bonds. The average molecular weight is 241 g/mol. The smallest absolute Gasteiger partial charge is 0.0904 e. The molecule has 0 bridgehead atoms. The molecule has 0 saturated heterocycles. The summed E-state index contributed by atoms with van der Waals surface area (Å²) in [7, 11) is 2.71. The third-order valence-electron chi connectivity index (χ3n) is 2.04. The van der Waals surface area contributed by atoms with Crippen molar-refractivity contribution < 1.29 is 4.21 Å². The Bertz CT molecular complexity index is 371. The van der Waals surface area contributed by atoms with Crippen molar-refractivity contribution in [1.82, 2.24) is 4.90 Å². The molecule has 0 spiro atoms. The molecule has 0 saturated carbocycles. The number of aryl methyl sites for hydroxylation is 1. The zero-order valence-electron chi connectivity index (χ0n) is 9.19. The maximum atomic E-state index is 11.9. The van der Waals surface area contributed by atoms with Gasteiger partial charge in [0.15, 0.2) is 0 Å². The maximum absolute atomic E-state index is 11.9. The fraction of sp³-hybridized carbons (Fsp3) is 0.364. The first-order chi connectivity index (χ1) is 7.00. The Morgan fingerprint density at radius 3 is 2.33 bits per heavy atom. The van der Waals surface area contributed by atoms with Crippen molar-refractivity contribution in [2.75, 3.05) is 19.8 Å². The number of rotatable bonds is 3. The summed E-state index contributed by atoms with van der Waals surface area (Å²) in [4.78, 5) is 3.38. The van der Waals surface area contributed by atoms with Crippen LogP contribution in [0.15, 0.2) is 29.2 Å². The molecular formula is C11H15NOS2. The van der Waals surface area contributed by atoms with Crippen LogP contribution in [0.4, 0.5) is 0 Å². The maximum Gasteiger partial charge on any atom is 0.0904 e. The summed E-state index contributed by atoms with van der Waals surface area (Å²) in [5.41, 5.74) is 1.17. The molecule has 0 aromatic heterocycles. The molecule has 1 rings (SSSR count). The number of thiocarbonyl (C=S) groups is 1. The van der Waals surface area contributed by atoms with Crippen LogP contribution in [0.1, 0.15) is 5.56 Å². The van der Waals surface area contributed by atoms with Crippen molar-refractivity contribution in [3.63, 3.8) is 0 Å². The van der Waals surface area contributed by atoms with E-state index in [0.717, 1.165) is 4.90 Å². The molecule has 0 N–H and O–H groups in total. The van der Waals surface area contributed by atoms with E-state index in [-0.39, 0.29) is 0 Å². The fourth-order valence-electron chi connectivity index (χ4n) is 1.01. The first-order valence-corrected chi connectivity index (χ1v) is 6.38. The normalized spacial score (nSPS) is 12.2. The number of benzene rings is 1. The fourth-order valence-corrected chi connectivity index (χ4v) is 2.42. The summed E-state index contributed by atoms with van der Waals surface area (Å²) in [6, 6.07) is 7.71. The Labute approximate surface area is 98.7 Å². The predicted octanol–water partition coefficient (Wildman–Crippen LogP) is 1.99. The van der Waals surface area contributed by atoms with Gasteiger partial charge >= 0.3 is 0 Å². The second-order valence-corrected chi connectivity index (χ2v) is 5.51. The summed E-state index contributed by atoms with van der Waals surface area (Å²) < 4.78 is 11.9. The van der Waals surface area contributed by atoms with Crippen molar-refractivity contribution in [2.45, 2.75) is 11.8 Å². The van der Waals surface area contributed by atoms with Crippen LogP contribution in [0, 0.1) is 6.92 Å². The molecular weight excluding hydrogens is 226 g/mol. The predicted molar refractivity (Wildman–Crippen MR) is 68.7 cm³/mol. The van der Waals surface area contributed by atoms with Gasteiger partial charge in [-0.1, -0.05) is 29.9 Å². The Morgan fingerprint density at radius 1 is 1.33 bits per heavy atom. The molecule has 0 heterocycles. The molecule has 82 valence electrons. The van der Waals surface area contributed by atoms with E-state index >= 15 is 0 Å². The molecule has 0 aliphatic carbocycles. The molecule has 0 fully saturated rings. The second-order valence-electron chi connectivity index (χ2n) is 3.59. The summed E-state index contributed by atoms with van der Waals surface area (Å²) >= 11 is 5.11. The lowest BCUT2D eigenvalue weighted by Gasteiger charge is -2.12. The van der Waals surface area contributed by atoms with Gasteiger partial charge in [-0.25, -0.2) is 0 Å². The van der Waals surface area contributed by atoms with Crippen molar-refractivity contribution >= 4 is 28.0 Å². The zero-order valence-corrected chi connectivity index (χ0v) is 10.8. The van der Waals surface area contributed by atoms with E-state index in [1.54, 1.807) is 0 Å². The Morgan fingerprint density at radius 2 is 1.87 bits per heavy atom. The SMILES string of the molecule is Cc1ccc(S(=O)CC(=S)N(C)C)cc1. The van der Waals surface area contributed by atoms with E-state index in [0.29, 0.717) is 10.7 Å². The molecule has 1 unspecified atom stereocenters. The van der Waals surface area contributed by atoms with Gasteiger partial charge in [0, 0.05) is 19.0 Å². The standard InChI is InChI=1S/C11H15NOS2/c1-9-4-6-10(7-5-9)15(13)8-11(14)12(2)3/h4-7H,8H2,1-3H3. The van der Waals surface area contributed by atoms with Gasteiger partial charge in [-0.2, -0.15) is 0 Å². The minimum absolute atomic E-state index is 0.422. The van der Waals surface area contributed by atoms with Crippen molar-refractivity contribution in [3.8, 4) is 0 Å². The highest BCUT2D eigenvalue weighted by Gasteiger charge is 2.07. The Balaban J connectivity index is 2.69. The van der Waals surface area contributed by atoms with Crippen LogP contribution < -0.4 is 0 Å². The Kier molecular flexibility index (Phi) is 4.42. The highest BCUT2D eigenvalue weighted by Crippen LogP contribution is 2.09. The third-order valence-corrected chi connectivity index (χ3v) is 4.06. The lowest BCUT2D eigenvalue weighted by molar-refractivity contribution is 0.630. The van der Waals surface area contributed by atoms with Crippen LogP contribution in [-0.2, 0) is 10.8 Å². The zero-order chi connectivity index (χ0) is 11.4. The quantitative estimate of drug-likeness (QED) is 0.755. The van der Waals surface area contributed by atoms with Crippen molar-refractivity contribution in [1.29, 1.82) is 0 Å². The van der Waals surface area contributed by atoms with Crippen molar-refractivity contribution in [2.24, 2.45) is 0 Å². The largest absolute Gasteiger partial charge is 0.372 e. The lowest BCUT2D eigenvalue weighted by Crippen LogP contribution is -2.25. The third kappa shape index (κ3) is 3.72. The summed E-state index contributed by atoms with van der Waals surface area (Å²) in [6.45, 7) is 2.01. The van der Waals surface area contributed by atoms with Gasteiger partial charge in [-0.05, 0) is 19.1 Å². The molecule has 15 heavy (non-hydrogen) atoms. The molecule has 1 aromatic rings. The van der Waals surface area contributed by atoms with Crippen LogP contribution in [-0.4, -0.2) is 33.9 Å². The van der Waals surface area contributed by atoms with Crippen LogP contribution >= 0.6 is 12.2 Å². The number of hydrogen-bond acceptors (Lipinski definition) is 2. The molecule has 4 heteroatoms. The van der Waals surface area contributed by atoms with E-state index in [1.807, 2.05) is 50.2 Å². The van der Waals surface area contributed by atoms with E-state index < -0.39 is 10.8 Å². The minimum atomic E-state index is -1.03.